The number of nitrogens with zero attached hydrogens (tertiary/aromatic N) is 1. The first-order valence-electron chi connectivity index (χ1n) is 4.54. The van der Waals surface area contributed by atoms with Crippen LogP contribution in [0, 0.1) is 0 Å². The number of allylic oxidation sites excluding steroid dienone is 2. The average Bonchev–Trinajstić information content (AvgIpc) is 2.26. The molecule has 0 spiro atoms. The van der Waals surface area contributed by atoms with Gasteiger partial charge in [-0.2, -0.15) is 0 Å². The first kappa shape index (κ1) is 11.5. The monoisotopic (exact) mass is 220 g/mol. The van der Waals surface area contributed by atoms with Gasteiger partial charge in [-0.3, -0.25) is 4.99 Å². The van der Waals surface area contributed by atoms with Gasteiger partial charge in [-0.05, 0) is 24.6 Å². The quantitative estimate of drug-likeness (QED) is 0.781. The van der Waals surface area contributed by atoms with Crippen molar-refractivity contribution in [2.45, 2.75) is 6.92 Å². The van der Waals surface area contributed by atoms with E-state index >= 15 is 0 Å². The second-order valence-corrected chi connectivity index (χ2v) is 3.44. The molecule has 1 aromatic rings. The minimum Gasteiger partial charge on any atom is -0.398 e. The molecule has 0 aliphatic heterocycles. The fraction of sp³-hybridized carbons (Fsp3) is 0.0833. The van der Waals surface area contributed by atoms with Gasteiger partial charge in [0.1, 0.15) is 0 Å². The number of rotatable bonds is 3. The molecule has 0 radical (unpaired) electrons. The molecule has 15 heavy (non-hydrogen) atoms. The Hall–Kier alpha value is -1.54. The minimum absolute atomic E-state index is 0.616. The Morgan fingerprint density at radius 2 is 2.00 bits per heavy atom. The third-order valence-electron chi connectivity index (χ3n) is 1.88. The molecule has 2 N–H and O–H groups in total. The van der Waals surface area contributed by atoms with Gasteiger partial charge in [-0.25, -0.2) is 0 Å². The summed E-state index contributed by atoms with van der Waals surface area (Å²) in [5.74, 6) is 0. The van der Waals surface area contributed by atoms with E-state index in [1.165, 1.54) is 0 Å². The van der Waals surface area contributed by atoms with Crippen LogP contribution in [0.3, 0.4) is 0 Å². The molecule has 1 rings (SSSR count). The van der Waals surface area contributed by atoms with Crippen LogP contribution in [0.1, 0.15) is 12.5 Å². The van der Waals surface area contributed by atoms with Crippen molar-refractivity contribution in [3.8, 4) is 0 Å². The van der Waals surface area contributed by atoms with E-state index in [1.807, 2.05) is 19.1 Å². The van der Waals surface area contributed by atoms with Crippen LogP contribution in [0.5, 0.6) is 0 Å². The van der Waals surface area contributed by atoms with Gasteiger partial charge in [0.05, 0.1) is 11.9 Å². The van der Waals surface area contributed by atoms with Crippen molar-refractivity contribution in [3.63, 3.8) is 0 Å². The molecule has 0 unspecified atom stereocenters. The highest BCUT2D eigenvalue weighted by Crippen LogP contribution is 2.16. The maximum Gasteiger partial charge on any atom is 0.0631 e. The Morgan fingerprint density at radius 1 is 1.40 bits per heavy atom. The smallest absolute Gasteiger partial charge is 0.0631 e. The van der Waals surface area contributed by atoms with Crippen LogP contribution < -0.4 is 5.73 Å². The number of hydrogen-bond donors (Lipinski definition) is 1. The van der Waals surface area contributed by atoms with Crippen LogP contribution in [-0.4, -0.2) is 6.21 Å². The molecule has 0 amide bonds. The molecule has 0 saturated heterocycles. The predicted molar refractivity (Wildman–Crippen MR) is 66.9 cm³/mol. The lowest BCUT2D eigenvalue weighted by Crippen LogP contribution is -1.97. The third-order valence-corrected chi connectivity index (χ3v) is 2.13. The molecule has 0 atom stereocenters. The van der Waals surface area contributed by atoms with E-state index in [2.05, 4.69) is 11.6 Å². The lowest BCUT2D eigenvalue weighted by Gasteiger charge is -1.99. The fourth-order valence-electron chi connectivity index (χ4n) is 0.944. The largest absolute Gasteiger partial charge is 0.398 e. The Bertz CT molecular complexity index is 402. The van der Waals surface area contributed by atoms with Crippen LogP contribution in [0.2, 0.25) is 5.02 Å². The predicted octanol–water partition coefficient (Wildman–Crippen LogP) is 3.24. The third kappa shape index (κ3) is 3.60. The minimum atomic E-state index is 0.616. The van der Waals surface area contributed by atoms with Gasteiger partial charge in [0.15, 0.2) is 0 Å². The summed E-state index contributed by atoms with van der Waals surface area (Å²) in [5.41, 5.74) is 7.78. The zero-order valence-corrected chi connectivity index (χ0v) is 9.33. The standard InChI is InChI=1S/C12H13ClN2/c1-3-12(14)8-15-9(2)10-4-6-11(13)7-5-10/h3-8H,2,14H2,1H3/b12-3+,15-8?. The van der Waals surface area contributed by atoms with Crippen LogP contribution in [0.4, 0.5) is 0 Å². The van der Waals surface area contributed by atoms with Gasteiger partial charge in [-0.1, -0.05) is 36.4 Å². The number of hydrogen-bond acceptors (Lipinski definition) is 2. The van der Waals surface area contributed by atoms with E-state index in [-0.39, 0.29) is 0 Å². The number of halogens is 1. The Balaban J connectivity index is 2.78. The van der Waals surface area contributed by atoms with Gasteiger partial charge >= 0.3 is 0 Å². The molecular weight excluding hydrogens is 208 g/mol. The maximum absolute atomic E-state index is 5.77. The molecule has 0 saturated carbocycles. The topological polar surface area (TPSA) is 38.4 Å². The molecule has 0 fully saturated rings. The second-order valence-electron chi connectivity index (χ2n) is 3.00. The Kier molecular flexibility index (Phi) is 4.13. The van der Waals surface area contributed by atoms with E-state index in [0.717, 1.165) is 5.56 Å². The summed E-state index contributed by atoms with van der Waals surface area (Å²) in [5, 5.41) is 0.698. The van der Waals surface area contributed by atoms with E-state index in [1.54, 1.807) is 24.4 Å². The van der Waals surface area contributed by atoms with Crippen LogP contribution in [0.25, 0.3) is 5.70 Å². The molecule has 2 nitrogen and oxygen atoms in total. The van der Waals surface area contributed by atoms with Crippen molar-refractivity contribution < 1.29 is 0 Å². The summed E-state index contributed by atoms with van der Waals surface area (Å²) in [4.78, 5) is 4.14. The van der Waals surface area contributed by atoms with Crippen LogP contribution >= 0.6 is 11.6 Å². The highest BCUT2D eigenvalue weighted by molar-refractivity contribution is 6.30. The lowest BCUT2D eigenvalue weighted by molar-refractivity contribution is 1.44. The zero-order chi connectivity index (χ0) is 11.3. The van der Waals surface area contributed by atoms with Crippen LogP contribution in [-0.2, 0) is 0 Å². The summed E-state index contributed by atoms with van der Waals surface area (Å²) in [6.07, 6.45) is 3.36. The summed E-state index contributed by atoms with van der Waals surface area (Å²) in [6.45, 7) is 5.69. The van der Waals surface area contributed by atoms with Crippen molar-refractivity contribution in [1.82, 2.24) is 0 Å². The SMILES string of the molecule is C=C(N=C/C(N)=C\C)c1ccc(Cl)cc1. The average molecular weight is 221 g/mol. The van der Waals surface area contributed by atoms with Crippen molar-refractivity contribution in [1.29, 1.82) is 0 Å². The van der Waals surface area contributed by atoms with Crippen molar-refractivity contribution in [2.24, 2.45) is 10.7 Å². The normalized spacial score (nSPS) is 12.0. The lowest BCUT2D eigenvalue weighted by atomic mass is 10.2. The van der Waals surface area contributed by atoms with Gasteiger partial charge in [-0.15, -0.1) is 0 Å². The highest BCUT2D eigenvalue weighted by Gasteiger charge is 1.95. The van der Waals surface area contributed by atoms with Gasteiger partial charge in [0, 0.05) is 10.7 Å². The van der Waals surface area contributed by atoms with Crippen molar-refractivity contribution in [2.75, 3.05) is 0 Å². The first-order valence-corrected chi connectivity index (χ1v) is 4.92. The summed E-state index contributed by atoms with van der Waals surface area (Å²) in [6, 6.07) is 7.34. The molecule has 0 bridgehead atoms. The van der Waals surface area contributed by atoms with Gasteiger partial charge in [0.2, 0.25) is 0 Å². The molecule has 1 aromatic carbocycles. The molecule has 3 heteroatoms. The highest BCUT2D eigenvalue weighted by atomic mass is 35.5. The zero-order valence-electron chi connectivity index (χ0n) is 8.57. The number of benzene rings is 1. The van der Waals surface area contributed by atoms with E-state index in [4.69, 9.17) is 17.3 Å². The second kappa shape index (κ2) is 5.37. The van der Waals surface area contributed by atoms with Crippen LogP contribution in [0.15, 0.2) is 47.6 Å². The molecule has 0 aromatic heterocycles. The summed E-state index contributed by atoms with van der Waals surface area (Å²) >= 11 is 5.77. The summed E-state index contributed by atoms with van der Waals surface area (Å²) in [7, 11) is 0. The van der Waals surface area contributed by atoms with Gasteiger partial charge in [0.25, 0.3) is 0 Å². The Labute approximate surface area is 94.8 Å². The maximum atomic E-state index is 5.77. The van der Waals surface area contributed by atoms with E-state index in [0.29, 0.717) is 16.4 Å². The van der Waals surface area contributed by atoms with Crippen molar-refractivity contribution in [3.05, 3.63) is 53.2 Å². The number of aliphatic imine (C=N–C) groups is 1. The van der Waals surface area contributed by atoms with E-state index < -0.39 is 0 Å². The Morgan fingerprint density at radius 3 is 2.53 bits per heavy atom. The summed E-state index contributed by atoms with van der Waals surface area (Å²) < 4.78 is 0. The molecule has 0 aliphatic rings. The number of nitrogens with two attached hydrogens (primary N) is 1. The van der Waals surface area contributed by atoms with E-state index in [9.17, 15) is 0 Å². The van der Waals surface area contributed by atoms with Crippen molar-refractivity contribution >= 4 is 23.5 Å². The van der Waals surface area contributed by atoms with Gasteiger partial charge < -0.3 is 5.73 Å². The fourth-order valence-corrected chi connectivity index (χ4v) is 1.07. The molecule has 78 valence electrons. The molecular formula is C12H13ClN2. The first-order chi connectivity index (χ1) is 7.13. The molecule has 0 aliphatic carbocycles. The molecule has 0 heterocycles.